The lowest BCUT2D eigenvalue weighted by molar-refractivity contribution is -0.138. The summed E-state index contributed by atoms with van der Waals surface area (Å²) < 4.78 is 42.3. The molecule has 0 aliphatic rings. The van der Waals surface area contributed by atoms with Gasteiger partial charge in [0.25, 0.3) is 5.91 Å². The summed E-state index contributed by atoms with van der Waals surface area (Å²) in [6, 6.07) is 3.28. The molecular weight excluding hydrogens is 362 g/mol. The van der Waals surface area contributed by atoms with Crippen LogP contribution in [0.25, 0.3) is 0 Å². The predicted molar refractivity (Wildman–Crippen MR) is 68.4 cm³/mol. The lowest BCUT2D eigenvalue weighted by Crippen LogP contribution is -2.27. The average molecular weight is 373 g/mol. The molecule has 1 aromatic carbocycles. The van der Waals surface area contributed by atoms with Crippen molar-refractivity contribution in [3.05, 3.63) is 32.9 Å². The zero-order valence-electron chi connectivity index (χ0n) is 9.47. The SMILES string of the molecule is COCCNC(=O)c1ccc(C(F)(F)F)c(I)c1. The average Bonchev–Trinajstić information content (AvgIpc) is 2.27. The van der Waals surface area contributed by atoms with Crippen LogP contribution in [-0.4, -0.2) is 26.2 Å². The summed E-state index contributed by atoms with van der Waals surface area (Å²) in [4.78, 5) is 11.6. The number of carbonyl (C=O) groups excluding carboxylic acids is 1. The maximum atomic E-state index is 12.5. The second kappa shape index (κ2) is 6.37. The summed E-state index contributed by atoms with van der Waals surface area (Å²) in [7, 11) is 1.49. The van der Waals surface area contributed by atoms with Crippen molar-refractivity contribution in [3.63, 3.8) is 0 Å². The normalized spacial score (nSPS) is 11.4. The largest absolute Gasteiger partial charge is 0.417 e. The number of halogens is 4. The molecule has 7 heteroatoms. The van der Waals surface area contributed by atoms with E-state index in [9.17, 15) is 18.0 Å². The number of alkyl halides is 3. The van der Waals surface area contributed by atoms with Crippen molar-refractivity contribution in [2.75, 3.05) is 20.3 Å². The van der Waals surface area contributed by atoms with Crippen LogP contribution in [-0.2, 0) is 10.9 Å². The molecule has 0 saturated heterocycles. The molecule has 3 nitrogen and oxygen atoms in total. The van der Waals surface area contributed by atoms with Crippen molar-refractivity contribution in [1.29, 1.82) is 0 Å². The number of carbonyl (C=O) groups is 1. The van der Waals surface area contributed by atoms with E-state index in [1.54, 1.807) is 22.6 Å². The topological polar surface area (TPSA) is 38.3 Å². The Morgan fingerprint density at radius 1 is 1.44 bits per heavy atom. The van der Waals surface area contributed by atoms with Crippen LogP contribution in [0.5, 0.6) is 0 Å². The van der Waals surface area contributed by atoms with Gasteiger partial charge in [0.05, 0.1) is 12.2 Å². The number of hydrogen-bond donors (Lipinski definition) is 1. The van der Waals surface area contributed by atoms with E-state index in [1.165, 1.54) is 13.2 Å². The van der Waals surface area contributed by atoms with Crippen molar-refractivity contribution in [2.45, 2.75) is 6.18 Å². The maximum absolute atomic E-state index is 12.5. The lowest BCUT2D eigenvalue weighted by atomic mass is 10.1. The molecule has 0 fully saturated rings. The van der Waals surface area contributed by atoms with Gasteiger partial charge in [0.15, 0.2) is 0 Å². The monoisotopic (exact) mass is 373 g/mol. The number of amides is 1. The summed E-state index contributed by atoms with van der Waals surface area (Å²) in [5.74, 6) is -0.418. The highest BCUT2D eigenvalue weighted by Crippen LogP contribution is 2.33. The van der Waals surface area contributed by atoms with Crippen LogP contribution in [0, 0.1) is 3.57 Å². The van der Waals surface area contributed by atoms with Gasteiger partial charge in [-0.15, -0.1) is 0 Å². The van der Waals surface area contributed by atoms with Crippen molar-refractivity contribution in [2.24, 2.45) is 0 Å². The van der Waals surface area contributed by atoms with Crippen molar-refractivity contribution in [3.8, 4) is 0 Å². The molecule has 0 atom stereocenters. The van der Waals surface area contributed by atoms with Crippen molar-refractivity contribution < 1.29 is 22.7 Å². The minimum Gasteiger partial charge on any atom is -0.383 e. The summed E-state index contributed by atoms with van der Waals surface area (Å²) in [6.45, 7) is 0.663. The zero-order valence-corrected chi connectivity index (χ0v) is 11.6. The fourth-order valence-electron chi connectivity index (χ4n) is 1.25. The maximum Gasteiger partial charge on any atom is 0.417 e. The fourth-order valence-corrected chi connectivity index (χ4v) is 2.08. The van der Waals surface area contributed by atoms with Gasteiger partial charge in [-0.2, -0.15) is 13.2 Å². The van der Waals surface area contributed by atoms with Crippen LogP contribution in [0.4, 0.5) is 13.2 Å². The molecule has 1 rings (SSSR count). The Bertz CT molecular complexity index is 435. The predicted octanol–water partition coefficient (Wildman–Crippen LogP) is 2.69. The summed E-state index contributed by atoms with van der Waals surface area (Å²) in [5, 5.41) is 2.54. The summed E-state index contributed by atoms with van der Waals surface area (Å²) >= 11 is 1.56. The van der Waals surface area contributed by atoms with Crippen LogP contribution < -0.4 is 5.32 Å². The van der Waals surface area contributed by atoms with Crippen LogP contribution >= 0.6 is 22.6 Å². The van der Waals surface area contributed by atoms with E-state index in [2.05, 4.69) is 5.32 Å². The van der Waals surface area contributed by atoms with Gasteiger partial charge in [-0.25, -0.2) is 0 Å². The number of ether oxygens (including phenoxy) is 1. The first-order chi connectivity index (χ1) is 8.36. The van der Waals surface area contributed by atoms with Gasteiger partial charge in [-0.05, 0) is 40.8 Å². The molecule has 0 aromatic heterocycles. The standard InChI is InChI=1S/C11H11F3INO2/c1-18-5-4-16-10(17)7-2-3-8(9(15)6-7)11(12,13)14/h2-3,6H,4-5H2,1H3,(H,16,17). The van der Waals surface area contributed by atoms with E-state index in [1.807, 2.05) is 0 Å². The number of rotatable bonds is 4. The Morgan fingerprint density at radius 2 is 2.11 bits per heavy atom. The molecule has 0 aliphatic heterocycles. The molecule has 0 unspecified atom stereocenters. The highest BCUT2D eigenvalue weighted by atomic mass is 127. The molecule has 1 N–H and O–H groups in total. The van der Waals surface area contributed by atoms with Crippen LogP contribution in [0.3, 0.4) is 0 Å². The molecule has 18 heavy (non-hydrogen) atoms. The molecule has 0 spiro atoms. The van der Waals surface area contributed by atoms with Gasteiger partial charge in [0, 0.05) is 22.8 Å². The first-order valence-electron chi connectivity index (χ1n) is 5.00. The van der Waals surface area contributed by atoms with E-state index < -0.39 is 17.6 Å². The number of nitrogens with one attached hydrogen (secondary N) is 1. The Labute approximate surface area is 116 Å². The molecule has 100 valence electrons. The summed E-state index contributed by atoms with van der Waals surface area (Å²) in [5.41, 5.74) is -0.542. The number of hydrogen-bond acceptors (Lipinski definition) is 2. The van der Waals surface area contributed by atoms with Crippen LogP contribution in [0.15, 0.2) is 18.2 Å². The Kier molecular flexibility index (Phi) is 5.39. The van der Waals surface area contributed by atoms with Gasteiger partial charge >= 0.3 is 6.18 Å². The van der Waals surface area contributed by atoms with E-state index in [0.29, 0.717) is 13.2 Å². The van der Waals surface area contributed by atoms with Gasteiger partial charge < -0.3 is 10.1 Å². The minimum absolute atomic E-state index is 0.000471. The van der Waals surface area contributed by atoms with Gasteiger partial charge in [0.1, 0.15) is 0 Å². The van der Waals surface area contributed by atoms with Crippen LogP contribution in [0.2, 0.25) is 0 Å². The molecule has 0 aliphatic carbocycles. The quantitative estimate of drug-likeness (QED) is 0.651. The number of methoxy groups -OCH3 is 1. The van der Waals surface area contributed by atoms with E-state index in [0.717, 1.165) is 12.1 Å². The Balaban J connectivity index is 2.81. The smallest absolute Gasteiger partial charge is 0.383 e. The van der Waals surface area contributed by atoms with Crippen molar-refractivity contribution >= 4 is 28.5 Å². The lowest BCUT2D eigenvalue weighted by Gasteiger charge is -2.10. The van der Waals surface area contributed by atoms with Gasteiger partial charge in [-0.3, -0.25) is 4.79 Å². The van der Waals surface area contributed by atoms with E-state index >= 15 is 0 Å². The van der Waals surface area contributed by atoms with Crippen molar-refractivity contribution in [1.82, 2.24) is 5.32 Å². The molecule has 0 heterocycles. The molecular formula is C11H11F3INO2. The van der Waals surface area contributed by atoms with E-state index in [4.69, 9.17) is 4.74 Å². The second-order valence-electron chi connectivity index (χ2n) is 3.44. The number of benzene rings is 1. The van der Waals surface area contributed by atoms with Gasteiger partial charge in [0.2, 0.25) is 0 Å². The van der Waals surface area contributed by atoms with Crippen LogP contribution in [0.1, 0.15) is 15.9 Å². The minimum atomic E-state index is -4.40. The first-order valence-corrected chi connectivity index (χ1v) is 6.08. The zero-order chi connectivity index (χ0) is 13.8. The highest BCUT2D eigenvalue weighted by molar-refractivity contribution is 14.1. The third kappa shape index (κ3) is 4.13. The third-order valence-corrected chi connectivity index (χ3v) is 3.02. The first kappa shape index (κ1) is 15.2. The Hall–Kier alpha value is -0.830. The summed E-state index contributed by atoms with van der Waals surface area (Å²) in [6.07, 6.45) is -4.40. The molecule has 0 radical (unpaired) electrons. The molecule has 0 saturated carbocycles. The molecule has 1 aromatic rings. The Morgan fingerprint density at radius 3 is 2.61 bits per heavy atom. The second-order valence-corrected chi connectivity index (χ2v) is 4.60. The van der Waals surface area contributed by atoms with Gasteiger partial charge in [-0.1, -0.05) is 0 Å². The fraction of sp³-hybridized carbons (Fsp3) is 0.364. The molecule has 0 bridgehead atoms. The third-order valence-electron chi connectivity index (χ3n) is 2.13. The van der Waals surface area contributed by atoms with E-state index in [-0.39, 0.29) is 9.13 Å². The molecule has 1 amide bonds. The highest BCUT2D eigenvalue weighted by Gasteiger charge is 2.33.